The Morgan fingerprint density at radius 2 is 1.83 bits per heavy atom. The average Bonchev–Trinajstić information content (AvgIpc) is 2.72. The van der Waals surface area contributed by atoms with Gasteiger partial charge in [-0.25, -0.2) is 0 Å². The van der Waals surface area contributed by atoms with Gasteiger partial charge in [-0.15, -0.1) is 0 Å². The Hall–Kier alpha value is -1.32. The Morgan fingerprint density at radius 1 is 1.12 bits per heavy atom. The number of hydrogen-bond acceptors (Lipinski definition) is 2. The fourth-order valence-corrected chi connectivity index (χ4v) is 5.08. The second-order valence-corrected chi connectivity index (χ2v) is 8.65. The van der Waals surface area contributed by atoms with Crippen molar-refractivity contribution < 1.29 is 9.31 Å². The molecule has 1 heterocycles. The summed E-state index contributed by atoms with van der Waals surface area (Å²) in [7, 11) is -0.223. The van der Waals surface area contributed by atoms with Crippen LogP contribution in [0.2, 0.25) is 0 Å². The largest absolute Gasteiger partial charge is 0.495 e. The van der Waals surface area contributed by atoms with Crippen molar-refractivity contribution in [1.29, 1.82) is 0 Å². The maximum absolute atomic E-state index is 6.44. The lowest BCUT2D eigenvalue weighted by Gasteiger charge is -2.46. The first kappa shape index (κ1) is 15.0. The maximum atomic E-state index is 6.44. The molecular formula is C21H25BO2. The molecule has 1 saturated heterocycles. The quantitative estimate of drug-likeness (QED) is 0.739. The molecule has 1 aromatic carbocycles. The van der Waals surface area contributed by atoms with Crippen LogP contribution in [0.5, 0.6) is 0 Å². The molecule has 1 fully saturated rings. The van der Waals surface area contributed by atoms with Gasteiger partial charge in [0.15, 0.2) is 0 Å². The molecule has 0 amide bonds. The van der Waals surface area contributed by atoms with Crippen molar-refractivity contribution in [2.24, 2.45) is 0 Å². The van der Waals surface area contributed by atoms with Crippen molar-refractivity contribution in [3.05, 3.63) is 39.3 Å². The van der Waals surface area contributed by atoms with Crippen LogP contribution in [0.1, 0.15) is 69.6 Å². The summed E-state index contributed by atoms with van der Waals surface area (Å²) >= 11 is 0. The Balaban J connectivity index is 1.78. The van der Waals surface area contributed by atoms with Crippen LogP contribution in [0.4, 0.5) is 0 Å². The lowest BCUT2D eigenvalue weighted by atomic mass is 9.53. The van der Waals surface area contributed by atoms with E-state index in [0.29, 0.717) is 11.8 Å². The molecule has 0 N–H and O–H groups in total. The van der Waals surface area contributed by atoms with Crippen molar-refractivity contribution >= 4 is 24.7 Å². The summed E-state index contributed by atoms with van der Waals surface area (Å²) in [6.45, 7) is 10.7. The topological polar surface area (TPSA) is 18.5 Å². The summed E-state index contributed by atoms with van der Waals surface area (Å²) in [5.41, 5.74) is 5.35. The van der Waals surface area contributed by atoms with E-state index >= 15 is 0 Å². The third-order valence-corrected chi connectivity index (χ3v) is 7.01. The maximum Gasteiger partial charge on any atom is 0.495 e. The zero-order valence-electron chi connectivity index (χ0n) is 15.3. The Morgan fingerprint density at radius 3 is 2.50 bits per heavy atom. The van der Waals surface area contributed by atoms with Gasteiger partial charge >= 0.3 is 7.12 Å². The molecule has 1 unspecified atom stereocenters. The minimum atomic E-state index is -0.280. The van der Waals surface area contributed by atoms with E-state index in [0.717, 1.165) is 6.42 Å². The van der Waals surface area contributed by atoms with E-state index in [1.165, 1.54) is 27.9 Å². The molecule has 2 atom stereocenters. The number of benzene rings is 1. The molecule has 4 aliphatic rings. The SMILES string of the molecule is C/C=c1\c2c(B3OC(C)(C)C(C)(C)O3)c3c4c1=CC=CC4[C@H]3CC2. The van der Waals surface area contributed by atoms with Gasteiger partial charge in [0.1, 0.15) is 0 Å². The molecule has 0 spiro atoms. The van der Waals surface area contributed by atoms with Crippen LogP contribution >= 0.6 is 0 Å². The number of fused-ring (bicyclic) bond motifs is 2. The fraction of sp³-hybridized carbons (Fsp3) is 0.524. The molecule has 124 valence electrons. The third kappa shape index (κ3) is 1.60. The molecular weight excluding hydrogens is 295 g/mol. The van der Waals surface area contributed by atoms with Gasteiger partial charge in [0.2, 0.25) is 0 Å². The molecule has 24 heavy (non-hydrogen) atoms. The summed E-state index contributed by atoms with van der Waals surface area (Å²) in [4.78, 5) is 0. The number of rotatable bonds is 1. The smallest absolute Gasteiger partial charge is 0.399 e. The fourth-order valence-electron chi connectivity index (χ4n) is 5.08. The minimum Gasteiger partial charge on any atom is -0.399 e. The Kier molecular flexibility index (Phi) is 2.77. The normalized spacial score (nSPS) is 31.0. The van der Waals surface area contributed by atoms with Crippen molar-refractivity contribution in [1.82, 2.24) is 0 Å². The van der Waals surface area contributed by atoms with Crippen LogP contribution in [0.3, 0.4) is 0 Å². The standard InChI is InChI=1S/C21H25BO2/c1-6-12-13-8-7-9-14-15-10-11-16(12)19(18(15)17(13)14)22-23-20(2,3)21(4,5)24-22/h6-9,14-15H,10-11H2,1-5H3/b12-6-/t14?,15-/m1/s1. The third-order valence-electron chi connectivity index (χ3n) is 7.01. The molecule has 3 aliphatic carbocycles. The summed E-state index contributed by atoms with van der Waals surface area (Å²) in [6, 6.07) is 0. The highest BCUT2D eigenvalue weighted by molar-refractivity contribution is 6.63. The van der Waals surface area contributed by atoms with Crippen LogP contribution < -0.4 is 15.9 Å². The number of hydrogen-bond donors (Lipinski definition) is 0. The van der Waals surface area contributed by atoms with E-state index in [1.54, 1.807) is 11.1 Å². The van der Waals surface area contributed by atoms with Crippen LogP contribution in [0.15, 0.2) is 12.2 Å². The highest BCUT2D eigenvalue weighted by Crippen LogP contribution is 2.51. The van der Waals surface area contributed by atoms with Gasteiger partial charge in [-0.1, -0.05) is 24.3 Å². The van der Waals surface area contributed by atoms with Gasteiger partial charge in [-0.05, 0) is 86.0 Å². The first-order chi connectivity index (χ1) is 11.4. The second kappa shape index (κ2) is 4.45. The summed E-state index contributed by atoms with van der Waals surface area (Å²) in [5, 5.41) is 2.86. The molecule has 0 radical (unpaired) electrons. The highest BCUT2D eigenvalue weighted by atomic mass is 16.7. The van der Waals surface area contributed by atoms with E-state index in [4.69, 9.17) is 9.31 Å². The van der Waals surface area contributed by atoms with Crippen LogP contribution in [0.25, 0.3) is 12.2 Å². The summed E-state index contributed by atoms with van der Waals surface area (Å²) in [6.07, 6.45) is 11.6. The summed E-state index contributed by atoms with van der Waals surface area (Å²) < 4.78 is 12.9. The van der Waals surface area contributed by atoms with E-state index < -0.39 is 0 Å². The van der Waals surface area contributed by atoms with Crippen LogP contribution in [0, 0.1) is 0 Å². The van der Waals surface area contributed by atoms with Gasteiger partial charge in [0, 0.05) is 5.92 Å². The van der Waals surface area contributed by atoms with Gasteiger partial charge in [-0.2, -0.15) is 0 Å². The molecule has 0 aromatic heterocycles. The lowest BCUT2D eigenvalue weighted by molar-refractivity contribution is 0.00578. The predicted octanol–water partition coefficient (Wildman–Crippen LogP) is 2.26. The molecule has 1 aliphatic heterocycles. The highest BCUT2D eigenvalue weighted by Gasteiger charge is 2.55. The first-order valence-electron chi connectivity index (χ1n) is 9.25. The molecule has 2 nitrogen and oxygen atoms in total. The van der Waals surface area contributed by atoms with Crippen molar-refractivity contribution in [2.75, 3.05) is 0 Å². The molecule has 2 bridgehead atoms. The van der Waals surface area contributed by atoms with E-state index in [-0.39, 0.29) is 18.3 Å². The van der Waals surface area contributed by atoms with E-state index in [2.05, 4.69) is 58.9 Å². The monoisotopic (exact) mass is 320 g/mol. The van der Waals surface area contributed by atoms with Gasteiger partial charge < -0.3 is 9.31 Å². The zero-order valence-corrected chi connectivity index (χ0v) is 15.3. The van der Waals surface area contributed by atoms with E-state index in [1.807, 2.05) is 0 Å². The van der Waals surface area contributed by atoms with Crippen LogP contribution in [-0.4, -0.2) is 18.3 Å². The second-order valence-electron chi connectivity index (χ2n) is 8.65. The molecule has 3 heteroatoms. The van der Waals surface area contributed by atoms with Crippen LogP contribution in [-0.2, 0) is 15.7 Å². The predicted molar refractivity (Wildman–Crippen MR) is 99.0 cm³/mol. The minimum absolute atomic E-state index is 0.223. The average molecular weight is 320 g/mol. The zero-order chi connectivity index (χ0) is 16.9. The molecule has 1 aromatic rings. The first-order valence-corrected chi connectivity index (χ1v) is 9.25. The van der Waals surface area contributed by atoms with Crippen molar-refractivity contribution in [2.45, 2.75) is 70.5 Å². The Bertz CT molecular complexity index is 891. The van der Waals surface area contributed by atoms with Crippen molar-refractivity contribution in [3.63, 3.8) is 0 Å². The van der Waals surface area contributed by atoms with E-state index in [9.17, 15) is 0 Å². The van der Waals surface area contributed by atoms with Gasteiger partial charge in [-0.3, -0.25) is 0 Å². The Labute approximate surface area is 144 Å². The summed E-state index contributed by atoms with van der Waals surface area (Å²) in [5.74, 6) is 1.27. The van der Waals surface area contributed by atoms with Gasteiger partial charge in [0.25, 0.3) is 0 Å². The lowest BCUT2D eigenvalue weighted by Crippen LogP contribution is -2.56. The van der Waals surface area contributed by atoms with Crippen molar-refractivity contribution in [3.8, 4) is 0 Å². The number of allylic oxidation sites excluding steroid dienone is 2. The molecule has 5 rings (SSSR count). The van der Waals surface area contributed by atoms with Gasteiger partial charge in [0.05, 0.1) is 11.2 Å². The molecule has 0 saturated carbocycles.